The van der Waals surface area contributed by atoms with E-state index in [1.54, 1.807) is 6.92 Å². The van der Waals surface area contributed by atoms with E-state index in [0.29, 0.717) is 11.2 Å². The van der Waals surface area contributed by atoms with Crippen LogP contribution in [-0.4, -0.2) is 27.1 Å². The number of hydrogen-bond donors (Lipinski definition) is 2. The van der Waals surface area contributed by atoms with Gasteiger partial charge < -0.3 is 10.8 Å². The zero-order chi connectivity index (χ0) is 12.1. The third kappa shape index (κ3) is 7.68. The van der Waals surface area contributed by atoms with Crippen molar-refractivity contribution in [2.75, 3.05) is 5.75 Å². The summed E-state index contributed by atoms with van der Waals surface area (Å²) in [4.78, 5) is 10.7. The summed E-state index contributed by atoms with van der Waals surface area (Å²) in [6.45, 7) is 8.12. The SMILES string of the molecule is CC(C)(C)SCCCCC(C)(N)C(=O)O. The van der Waals surface area contributed by atoms with Gasteiger partial charge in [-0.1, -0.05) is 27.2 Å². The van der Waals surface area contributed by atoms with Crippen LogP contribution in [0.4, 0.5) is 0 Å². The number of nitrogens with two attached hydrogens (primary N) is 1. The fourth-order valence-electron chi connectivity index (χ4n) is 1.08. The Balaban J connectivity index is 3.60. The van der Waals surface area contributed by atoms with Crippen molar-refractivity contribution < 1.29 is 9.90 Å². The first-order valence-corrected chi connectivity index (χ1v) is 6.30. The second-order valence-electron chi connectivity index (χ2n) is 5.14. The Labute approximate surface area is 96.8 Å². The summed E-state index contributed by atoms with van der Waals surface area (Å²) in [6, 6.07) is 0. The third-order valence-electron chi connectivity index (χ3n) is 2.11. The number of carboxylic acid groups (broad SMARTS) is 1. The van der Waals surface area contributed by atoms with Gasteiger partial charge >= 0.3 is 5.97 Å². The lowest BCUT2D eigenvalue weighted by molar-refractivity contribution is -0.142. The van der Waals surface area contributed by atoms with Gasteiger partial charge in [-0.05, 0) is 25.5 Å². The number of carbonyl (C=O) groups is 1. The van der Waals surface area contributed by atoms with Crippen molar-refractivity contribution in [2.45, 2.75) is 57.2 Å². The van der Waals surface area contributed by atoms with Gasteiger partial charge in [0.25, 0.3) is 0 Å². The average Bonchev–Trinajstić information content (AvgIpc) is 2.00. The molecule has 0 aliphatic carbocycles. The lowest BCUT2D eigenvalue weighted by Crippen LogP contribution is -2.44. The minimum absolute atomic E-state index is 0.290. The van der Waals surface area contributed by atoms with Crippen LogP contribution >= 0.6 is 11.8 Å². The van der Waals surface area contributed by atoms with Gasteiger partial charge in [0.1, 0.15) is 5.54 Å². The van der Waals surface area contributed by atoms with Crippen molar-refractivity contribution in [3.05, 3.63) is 0 Å². The lowest BCUT2D eigenvalue weighted by atomic mass is 9.97. The maximum absolute atomic E-state index is 10.7. The van der Waals surface area contributed by atoms with Crippen molar-refractivity contribution in [2.24, 2.45) is 5.73 Å². The smallest absolute Gasteiger partial charge is 0.323 e. The van der Waals surface area contributed by atoms with Gasteiger partial charge in [-0.25, -0.2) is 0 Å². The molecule has 0 spiro atoms. The molecule has 1 unspecified atom stereocenters. The first-order valence-electron chi connectivity index (χ1n) is 5.31. The maximum atomic E-state index is 10.7. The number of unbranched alkanes of at least 4 members (excludes halogenated alkanes) is 1. The largest absolute Gasteiger partial charge is 0.480 e. The van der Waals surface area contributed by atoms with E-state index in [-0.39, 0.29) is 0 Å². The fraction of sp³-hybridized carbons (Fsp3) is 0.909. The van der Waals surface area contributed by atoms with Crippen molar-refractivity contribution in [3.63, 3.8) is 0 Å². The monoisotopic (exact) mass is 233 g/mol. The van der Waals surface area contributed by atoms with Gasteiger partial charge in [-0.3, -0.25) is 4.79 Å². The quantitative estimate of drug-likeness (QED) is 0.692. The number of thioether (sulfide) groups is 1. The van der Waals surface area contributed by atoms with E-state index in [2.05, 4.69) is 20.8 Å². The van der Waals surface area contributed by atoms with Gasteiger partial charge in [0.2, 0.25) is 0 Å². The molecular formula is C11H23NO2S. The Morgan fingerprint density at radius 2 is 1.80 bits per heavy atom. The molecule has 0 amide bonds. The van der Waals surface area contributed by atoms with Crippen LogP contribution < -0.4 is 5.73 Å². The Morgan fingerprint density at radius 3 is 2.20 bits per heavy atom. The van der Waals surface area contributed by atoms with Crippen LogP contribution in [0.1, 0.15) is 47.0 Å². The molecule has 0 bridgehead atoms. The summed E-state index contributed by atoms with van der Waals surface area (Å²) in [6.07, 6.45) is 2.46. The summed E-state index contributed by atoms with van der Waals surface area (Å²) in [7, 11) is 0. The predicted molar refractivity (Wildman–Crippen MR) is 66.3 cm³/mol. The molecule has 4 heteroatoms. The first-order chi connectivity index (χ1) is 6.65. The van der Waals surface area contributed by atoms with Crippen LogP contribution in [-0.2, 0) is 4.79 Å². The number of hydrogen-bond acceptors (Lipinski definition) is 3. The molecule has 0 radical (unpaired) electrons. The summed E-state index contributed by atoms with van der Waals surface area (Å²) in [5.74, 6) is 0.158. The second kappa shape index (κ2) is 5.75. The Hall–Kier alpha value is -0.220. The molecule has 0 fully saturated rings. The zero-order valence-corrected chi connectivity index (χ0v) is 11.0. The molecule has 0 aromatic carbocycles. The van der Waals surface area contributed by atoms with E-state index < -0.39 is 11.5 Å². The molecule has 0 saturated heterocycles. The number of carboxylic acids is 1. The highest BCUT2D eigenvalue weighted by Gasteiger charge is 2.26. The van der Waals surface area contributed by atoms with E-state index in [1.807, 2.05) is 11.8 Å². The van der Waals surface area contributed by atoms with Crippen LogP contribution in [0.25, 0.3) is 0 Å². The van der Waals surface area contributed by atoms with Crippen LogP contribution in [0.15, 0.2) is 0 Å². The minimum atomic E-state index is -1.06. The first kappa shape index (κ1) is 14.8. The average molecular weight is 233 g/mol. The Morgan fingerprint density at radius 1 is 1.27 bits per heavy atom. The van der Waals surface area contributed by atoms with E-state index in [4.69, 9.17) is 10.8 Å². The standard InChI is InChI=1S/C11H23NO2S/c1-10(2,3)15-8-6-5-7-11(4,12)9(13)14/h5-8,12H2,1-4H3,(H,13,14). The van der Waals surface area contributed by atoms with Gasteiger partial charge in [-0.15, -0.1) is 0 Å². The lowest BCUT2D eigenvalue weighted by Gasteiger charge is -2.20. The van der Waals surface area contributed by atoms with Crippen molar-refractivity contribution in [1.29, 1.82) is 0 Å². The van der Waals surface area contributed by atoms with E-state index in [1.165, 1.54) is 0 Å². The molecular weight excluding hydrogens is 210 g/mol. The highest BCUT2D eigenvalue weighted by atomic mass is 32.2. The molecule has 0 aliphatic heterocycles. The molecule has 3 nitrogen and oxygen atoms in total. The normalized spacial score (nSPS) is 16.1. The van der Waals surface area contributed by atoms with Gasteiger partial charge in [0.15, 0.2) is 0 Å². The molecule has 0 rings (SSSR count). The molecule has 0 heterocycles. The molecule has 15 heavy (non-hydrogen) atoms. The second-order valence-corrected chi connectivity index (χ2v) is 7.06. The van der Waals surface area contributed by atoms with Crippen molar-refractivity contribution in [3.8, 4) is 0 Å². The van der Waals surface area contributed by atoms with E-state index in [9.17, 15) is 4.79 Å². The fourth-order valence-corrected chi connectivity index (χ4v) is 2.04. The van der Waals surface area contributed by atoms with Crippen molar-refractivity contribution in [1.82, 2.24) is 0 Å². The molecule has 90 valence electrons. The van der Waals surface area contributed by atoms with Gasteiger partial charge in [0.05, 0.1) is 0 Å². The number of rotatable bonds is 6. The molecule has 0 aliphatic rings. The Bertz CT molecular complexity index is 209. The zero-order valence-electron chi connectivity index (χ0n) is 10.2. The van der Waals surface area contributed by atoms with Crippen molar-refractivity contribution >= 4 is 17.7 Å². The van der Waals surface area contributed by atoms with Crippen LogP contribution in [0.3, 0.4) is 0 Å². The molecule has 0 saturated carbocycles. The Kier molecular flexibility index (Phi) is 5.67. The topological polar surface area (TPSA) is 63.3 Å². The highest BCUT2D eigenvalue weighted by molar-refractivity contribution is 8.00. The summed E-state index contributed by atoms with van der Waals surface area (Å²) in [5, 5.41) is 8.80. The molecule has 1 atom stereocenters. The van der Waals surface area contributed by atoms with Crippen LogP contribution in [0.2, 0.25) is 0 Å². The third-order valence-corrected chi connectivity index (χ3v) is 3.47. The van der Waals surface area contributed by atoms with E-state index >= 15 is 0 Å². The van der Waals surface area contributed by atoms with E-state index in [0.717, 1.165) is 18.6 Å². The maximum Gasteiger partial charge on any atom is 0.323 e. The summed E-state index contributed by atoms with van der Waals surface area (Å²) in [5.41, 5.74) is 4.56. The summed E-state index contributed by atoms with van der Waals surface area (Å²) >= 11 is 1.90. The van der Waals surface area contributed by atoms with Crippen LogP contribution in [0, 0.1) is 0 Å². The summed E-state index contributed by atoms with van der Waals surface area (Å²) < 4.78 is 0.290. The number of aliphatic carboxylic acids is 1. The molecule has 3 N–H and O–H groups in total. The molecule has 0 aromatic heterocycles. The molecule has 0 aromatic rings. The highest BCUT2D eigenvalue weighted by Crippen LogP contribution is 2.24. The van der Waals surface area contributed by atoms with Crippen LogP contribution in [0.5, 0.6) is 0 Å². The van der Waals surface area contributed by atoms with Gasteiger partial charge in [-0.2, -0.15) is 11.8 Å². The predicted octanol–water partition coefficient (Wildman–Crippen LogP) is 2.49. The van der Waals surface area contributed by atoms with Gasteiger partial charge in [0, 0.05) is 4.75 Å². The minimum Gasteiger partial charge on any atom is -0.480 e.